The van der Waals surface area contributed by atoms with Crippen molar-refractivity contribution >= 4 is 5.82 Å². The van der Waals surface area contributed by atoms with Crippen molar-refractivity contribution in [2.45, 2.75) is 26.1 Å². The number of anilines is 1. The summed E-state index contributed by atoms with van der Waals surface area (Å²) in [6.07, 6.45) is -0.812. The van der Waals surface area contributed by atoms with Crippen LogP contribution in [0.1, 0.15) is 28.8 Å². The molecule has 0 atom stereocenters. The summed E-state index contributed by atoms with van der Waals surface area (Å²) in [6, 6.07) is 20.4. The zero-order chi connectivity index (χ0) is 21.9. The normalized spacial score (nSPS) is 12.7. The Morgan fingerprint density at radius 1 is 0.906 bits per heavy atom. The maximum absolute atomic E-state index is 13.5. The second-order valence-corrected chi connectivity index (χ2v) is 7.58. The molecular formula is C25H21F2N5. The summed E-state index contributed by atoms with van der Waals surface area (Å²) in [4.78, 5) is 13.6. The van der Waals surface area contributed by atoms with Crippen molar-refractivity contribution < 1.29 is 8.78 Å². The maximum atomic E-state index is 13.5. The number of nitrogens with one attached hydrogen (secondary N) is 2. The highest BCUT2D eigenvalue weighted by Crippen LogP contribution is 2.32. The van der Waals surface area contributed by atoms with Gasteiger partial charge in [-0.3, -0.25) is 4.98 Å². The second kappa shape index (κ2) is 8.80. The lowest BCUT2D eigenvalue weighted by Gasteiger charge is -2.14. The molecule has 2 aromatic carbocycles. The van der Waals surface area contributed by atoms with Crippen LogP contribution in [-0.4, -0.2) is 15.0 Å². The average molecular weight is 429 g/mol. The van der Waals surface area contributed by atoms with E-state index in [1.807, 2.05) is 42.5 Å². The molecule has 2 N–H and O–H groups in total. The molecule has 160 valence electrons. The van der Waals surface area contributed by atoms with Gasteiger partial charge in [-0.15, -0.1) is 0 Å². The summed E-state index contributed by atoms with van der Waals surface area (Å²) >= 11 is 0. The Morgan fingerprint density at radius 2 is 1.72 bits per heavy atom. The molecule has 5 rings (SSSR count). The van der Waals surface area contributed by atoms with Crippen LogP contribution < -0.4 is 10.6 Å². The molecule has 7 heteroatoms. The van der Waals surface area contributed by atoms with Gasteiger partial charge < -0.3 is 10.6 Å². The van der Waals surface area contributed by atoms with E-state index < -0.39 is 6.43 Å². The number of fused-ring (bicyclic) bond motifs is 1. The molecule has 0 fully saturated rings. The molecule has 0 saturated carbocycles. The van der Waals surface area contributed by atoms with Crippen LogP contribution in [0.15, 0.2) is 72.9 Å². The van der Waals surface area contributed by atoms with Gasteiger partial charge in [-0.25, -0.2) is 18.7 Å². The smallest absolute Gasteiger partial charge is 0.264 e. The Bertz CT molecular complexity index is 1230. The molecule has 0 amide bonds. The Morgan fingerprint density at radius 3 is 2.50 bits per heavy atom. The minimum Gasteiger partial charge on any atom is -0.366 e. The van der Waals surface area contributed by atoms with Crippen LogP contribution in [0.2, 0.25) is 0 Å². The highest BCUT2D eigenvalue weighted by molar-refractivity contribution is 5.64. The number of rotatable bonds is 6. The van der Waals surface area contributed by atoms with Gasteiger partial charge in [0.1, 0.15) is 5.82 Å². The quantitative estimate of drug-likeness (QED) is 0.432. The zero-order valence-electron chi connectivity index (χ0n) is 17.2. The van der Waals surface area contributed by atoms with E-state index in [-0.39, 0.29) is 5.56 Å². The standard InChI is InChI=1S/C25H21F2N5/c26-23(27)18-5-1-2-6-19(18)25-31-22-15-28-14-20(22)24(32-25)30-13-16-8-10-17(11-9-16)21-7-3-4-12-29-21/h1-12,23,28H,13-15H2,(H,30,31,32). The number of benzene rings is 2. The molecule has 1 aliphatic rings. The fourth-order valence-corrected chi connectivity index (χ4v) is 3.84. The molecule has 0 aliphatic carbocycles. The summed E-state index contributed by atoms with van der Waals surface area (Å²) in [6.45, 7) is 1.80. The first-order valence-corrected chi connectivity index (χ1v) is 10.4. The van der Waals surface area contributed by atoms with E-state index in [1.165, 1.54) is 6.07 Å². The van der Waals surface area contributed by atoms with Crippen LogP contribution >= 0.6 is 0 Å². The number of alkyl halides is 2. The fourth-order valence-electron chi connectivity index (χ4n) is 3.84. The number of pyridine rings is 1. The molecule has 0 bridgehead atoms. The predicted molar refractivity (Wildman–Crippen MR) is 120 cm³/mol. The number of halogens is 2. The zero-order valence-corrected chi connectivity index (χ0v) is 17.2. The van der Waals surface area contributed by atoms with Crippen molar-refractivity contribution in [1.82, 2.24) is 20.3 Å². The van der Waals surface area contributed by atoms with Crippen LogP contribution in [-0.2, 0) is 19.6 Å². The SMILES string of the molecule is FC(F)c1ccccc1-c1nc2c(c(NCc3ccc(-c4ccccn4)cc3)n1)CNC2. The molecule has 5 nitrogen and oxygen atoms in total. The van der Waals surface area contributed by atoms with Gasteiger partial charge in [-0.05, 0) is 17.7 Å². The Hall–Kier alpha value is -3.71. The van der Waals surface area contributed by atoms with Gasteiger partial charge in [0.15, 0.2) is 5.82 Å². The summed E-state index contributed by atoms with van der Waals surface area (Å²) in [5.41, 5.74) is 5.17. The van der Waals surface area contributed by atoms with Gasteiger partial charge in [0.2, 0.25) is 0 Å². The Kier molecular flexibility index (Phi) is 5.56. The van der Waals surface area contributed by atoms with E-state index in [0.717, 1.165) is 28.1 Å². The summed E-state index contributed by atoms with van der Waals surface area (Å²) in [5, 5.41) is 6.66. The minimum absolute atomic E-state index is 0.0607. The third kappa shape index (κ3) is 4.07. The summed E-state index contributed by atoms with van der Waals surface area (Å²) in [5.74, 6) is 0.990. The largest absolute Gasteiger partial charge is 0.366 e. The van der Waals surface area contributed by atoms with Crippen molar-refractivity contribution in [3.63, 3.8) is 0 Å². The molecular weight excluding hydrogens is 408 g/mol. The number of hydrogen-bond acceptors (Lipinski definition) is 5. The van der Waals surface area contributed by atoms with E-state index in [4.69, 9.17) is 0 Å². The van der Waals surface area contributed by atoms with Crippen molar-refractivity contribution in [2.24, 2.45) is 0 Å². The highest BCUT2D eigenvalue weighted by atomic mass is 19.3. The molecule has 32 heavy (non-hydrogen) atoms. The first-order valence-electron chi connectivity index (χ1n) is 10.4. The van der Waals surface area contributed by atoms with E-state index in [9.17, 15) is 8.78 Å². The monoisotopic (exact) mass is 429 g/mol. The third-order valence-electron chi connectivity index (χ3n) is 5.50. The maximum Gasteiger partial charge on any atom is 0.264 e. The molecule has 2 aromatic heterocycles. The molecule has 0 unspecified atom stereocenters. The fraction of sp³-hybridized carbons (Fsp3) is 0.160. The van der Waals surface area contributed by atoms with Crippen molar-refractivity contribution in [3.8, 4) is 22.6 Å². The topological polar surface area (TPSA) is 62.7 Å². The molecule has 4 aromatic rings. The lowest BCUT2D eigenvalue weighted by atomic mass is 10.1. The highest BCUT2D eigenvalue weighted by Gasteiger charge is 2.22. The van der Waals surface area contributed by atoms with Crippen molar-refractivity contribution in [3.05, 3.63) is 95.3 Å². The Balaban J connectivity index is 1.41. The average Bonchev–Trinajstić information content (AvgIpc) is 3.32. The molecule has 0 spiro atoms. The first-order chi connectivity index (χ1) is 15.7. The number of aromatic nitrogens is 3. The third-order valence-corrected chi connectivity index (χ3v) is 5.50. The lowest BCUT2D eigenvalue weighted by Crippen LogP contribution is -2.08. The number of hydrogen-bond donors (Lipinski definition) is 2. The molecule has 0 saturated heterocycles. The Labute approximate surface area is 184 Å². The van der Waals surface area contributed by atoms with Gasteiger partial charge in [0, 0.05) is 48.1 Å². The van der Waals surface area contributed by atoms with Gasteiger partial charge in [-0.2, -0.15) is 0 Å². The summed E-state index contributed by atoms with van der Waals surface area (Å²) in [7, 11) is 0. The van der Waals surface area contributed by atoms with Crippen LogP contribution in [0.3, 0.4) is 0 Å². The molecule has 0 radical (unpaired) electrons. The van der Waals surface area contributed by atoms with Crippen LogP contribution in [0, 0.1) is 0 Å². The van der Waals surface area contributed by atoms with E-state index >= 15 is 0 Å². The first kappa shape index (κ1) is 20.2. The summed E-state index contributed by atoms with van der Waals surface area (Å²) < 4.78 is 27.0. The van der Waals surface area contributed by atoms with E-state index in [0.29, 0.717) is 36.8 Å². The van der Waals surface area contributed by atoms with Crippen LogP contribution in [0.25, 0.3) is 22.6 Å². The molecule has 3 heterocycles. The van der Waals surface area contributed by atoms with Crippen LogP contribution in [0.5, 0.6) is 0 Å². The van der Waals surface area contributed by atoms with Crippen molar-refractivity contribution in [1.29, 1.82) is 0 Å². The van der Waals surface area contributed by atoms with Crippen molar-refractivity contribution in [2.75, 3.05) is 5.32 Å². The van der Waals surface area contributed by atoms with Crippen LogP contribution in [0.4, 0.5) is 14.6 Å². The van der Waals surface area contributed by atoms with Gasteiger partial charge >= 0.3 is 0 Å². The lowest BCUT2D eigenvalue weighted by molar-refractivity contribution is 0.152. The second-order valence-electron chi connectivity index (χ2n) is 7.58. The van der Waals surface area contributed by atoms with E-state index in [2.05, 4.69) is 25.6 Å². The van der Waals surface area contributed by atoms with Gasteiger partial charge in [0.25, 0.3) is 6.43 Å². The van der Waals surface area contributed by atoms with Gasteiger partial charge in [-0.1, -0.05) is 54.6 Å². The minimum atomic E-state index is -2.59. The van der Waals surface area contributed by atoms with Gasteiger partial charge in [0.05, 0.1) is 11.4 Å². The van der Waals surface area contributed by atoms with E-state index in [1.54, 1.807) is 24.4 Å². The predicted octanol–water partition coefficient (Wildman–Crippen LogP) is 5.36. The molecule has 1 aliphatic heterocycles. The number of nitrogens with zero attached hydrogens (tertiary/aromatic N) is 3.